The van der Waals surface area contributed by atoms with Crippen LogP contribution < -0.4 is 5.32 Å². The molecule has 3 unspecified atom stereocenters. The van der Waals surface area contributed by atoms with Crippen LogP contribution in [0.5, 0.6) is 0 Å². The summed E-state index contributed by atoms with van der Waals surface area (Å²) in [5, 5.41) is 9.85. The summed E-state index contributed by atoms with van der Waals surface area (Å²) in [5.74, 6) is 2.67. The predicted octanol–water partition coefficient (Wildman–Crippen LogP) is 3.10. The second-order valence-electron chi connectivity index (χ2n) is 6.92. The number of thiazole rings is 1. The van der Waals surface area contributed by atoms with Gasteiger partial charge in [0.2, 0.25) is 0 Å². The molecule has 0 radical (unpaired) electrons. The minimum absolute atomic E-state index is 0.0560. The van der Waals surface area contributed by atoms with E-state index >= 15 is 0 Å². The van der Waals surface area contributed by atoms with Crippen LogP contribution in [0.1, 0.15) is 42.6 Å². The van der Waals surface area contributed by atoms with Crippen molar-refractivity contribution in [2.75, 3.05) is 6.54 Å². The Morgan fingerprint density at radius 2 is 2.35 bits per heavy atom. The van der Waals surface area contributed by atoms with Gasteiger partial charge in [-0.2, -0.15) is 5.10 Å². The van der Waals surface area contributed by atoms with Gasteiger partial charge in [0.15, 0.2) is 0 Å². The summed E-state index contributed by atoms with van der Waals surface area (Å²) >= 11 is 1.49. The molecule has 0 saturated heterocycles. The minimum Gasteiger partial charge on any atom is -0.351 e. The average molecular weight is 330 g/mol. The maximum atomic E-state index is 12.2. The molecule has 0 aromatic carbocycles. The fourth-order valence-corrected chi connectivity index (χ4v) is 5.01. The van der Waals surface area contributed by atoms with Crippen LogP contribution in [0, 0.1) is 17.8 Å². The molecule has 23 heavy (non-hydrogen) atoms. The maximum absolute atomic E-state index is 12.2. The van der Waals surface area contributed by atoms with Crippen LogP contribution in [0.15, 0.2) is 17.8 Å². The topological polar surface area (TPSA) is 59.8 Å². The summed E-state index contributed by atoms with van der Waals surface area (Å²) in [6, 6.07) is 0. The molecule has 3 atom stereocenters. The Balaban J connectivity index is 1.30. The lowest BCUT2D eigenvalue weighted by molar-refractivity contribution is 0.0945. The van der Waals surface area contributed by atoms with E-state index in [9.17, 15) is 4.79 Å². The monoisotopic (exact) mass is 330 g/mol. The lowest BCUT2D eigenvalue weighted by Gasteiger charge is -2.21. The van der Waals surface area contributed by atoms with Crippen molar-refractivity contribution in [1.29, 1.82) is 0 Å². The number of rotatable bonds is 5. The molecule has 5 nitrogen and oxygen atoms in total. The first-order valence-corrected chi connectivity index (χ1v) is 9.30. The van der Waals surface area contributed by atoms with Crippen LogP contribution in [-0.2, 0) is 7.05 Å². The molecule has 1 amide bonds. The standard InChI is InChI=1S/C17H22N4OS/c1-21-9-14(8-19-21)17-20-15(10-23-17)16(22)18-5-4-13-7-11-2-3-12(13)6-11/h8-13H,2-7H2,1H3,(H,18,22). The number of nitrogens with zero attached hydrogens (tertiary/aromatic N) is 3. The van der Waals surface area contributed by atoms with Gasteiger partial charge in [-0.1, -0.05) is 6.42 Å². The van der Waals surface area contributed by atoms with Crippen LogP contribution in [0.25, 0.3) is 10.6 Å². The summed E-state index contributed by atoms with van der Waals surface area (Å²) in [6.07, 6.45) is 10.5. The van der Waals surface area contributed by atoms with Crippen molar-refractivity contribution < 1.29 is 4.79 Å². The molecular formula is C17H22N4OS. The largest absolute Gasteiger partial charge is 0.351 e. The van der Waals surface area contributed by atoms with Gasteiger partial charge in [-0.3, -0.25) is 9.48 Å². The Kier molecular flexibility index (Phi) is 3.93. The van der Waals surface area contributed by atoms with Crippen LogP contribution >= 0.6 is 11.3 Å². The van der Waals surface area contributed by atoms with Crippen molar-refractivity contribution >= 4 is 17.2 Å². The smallest absolute Gasteiger partial charge is 0.270 e. The van der Waals surface area contributed by atoms with Crippen LogP contribution in [0.4, 0.5) is 0 Å². The summed E-state index contributed by atoms with van der Waals surface area (Å²) in [4.78, 5) is 16.7. The van der Waals surface area contributed by atoms with Crippen LogP contribution in [0.3, 0.4) is 0 Å². The van der Waals surface area contributed by atoms with E-state index in [2.05, 4.69) is 15.4 Å². The van der Waals surface area contributed by atoms with Gasteiger partial charge >= 0.3 is 0 Å². The molecule has 2 bridgehead atoms. The third kappa shape index (κ3) is 3.04. The van der Waals surface area contributed by atoms with Gasteiger partial charge in [-0.25, -0.2) is 4.98 Å². The molecule has 2 fully saturated rings. The highest BCUT2D eigenvalue weighted by atomic mass is 32.1. The normalized spacial score (nSPS) is 25.9. The van der Waals surface area contributed by atoms with Gasteiger partial charge in [0.1, 0.15) is 10.7 Å². The summed E-state index contributed by atoms with van der Waals surface area (Å²) < 4.78 is 1.74. The Bertz CT molecular complexity index is 707. The zero-order valence-electron chi connectivity index (χ0n) is 13.4. The lowest BCUT2D eigenvalue weighted by Crippen LogP contribution is -2.27. The van der Waals surface area contributed by atoms with E-state index in [0.717, 1.165) is 41.3 Å². The molecule has 2 aromatic heterocycles. The van der Waals surface area contributed by atoms with Gasteiger partial charge in [0.05, 0.1) is 6.20 Å². The predicted molar refractivity (Wildman–Crippen MR) is 90.2 cm³/mol. The zero-order valence-corrected chi connectivity index (χ0v) is 14.2. The molecular weight excluding hydrogens is 308 g/mol. The van der Waals surface area contributed by atoms with E-state index < -0.39 is 0 Å². The summed E-state index contributed by atoms with van der Waals surface area (Å²) in [7, 11) is 1.88. The van der Waals surface area contributed by atoms with E-state index in [1.165, 1.54) is 37.0 Å². The Hall–Kier alpha value is -1.69. The minimum atomic E-state index is -0.0560. The van der Waals surface area contributed by atoms with Gasteiger partial charge in [0.25, 0.3) is 5.91 Å². The zero-order chi connectivity index (χ0) is 15.8. The van der Waals surface area contributed by atoms with Crippen molar-refractivity contribution in [1.82, 2.24) is 20.1 Å². The fourth-order valence-electron chi connectivity index (χ4n) is 4.23. The Morgan fingerprint density at radius 3 is 3.04 bits per heavy atom. The highest BCUT2D eigenvalue weighted by Gasteiger charge is 2.38. The molecule has 1 N–H and O–H groups in total. The first kappa shape index (κ1) is 14.9. The average Bonchev–Trinajstić information content (AvgIpc) is 3.30. The van der Waals surface area contributed by atoms with E-state index in [-0.39, 0.29) is 5.91 Å². The first-order valence-electron chi connectivity index (χ1n) is 8.42. The quantitative estimate of drug-likeness (QED) is 0.916. The molecule has 2 aromatic rings. The van der Waals surface area contributed by atoms with E-state index in [1.807, 2.05) is 18.6 Å². The van der Waals surface area contributed by atoms with Crippen molar-refractivity contribution in [3.8, 4) is 10.6 Å². The van der Waals surface area contributed by atoms with E-state index in [4.69, 9.17) is 0 Å². The number of amides is 1. The van der Waals surface area contributed by atoms with Crippen molar-refractivity contribution in [3.05, 3.63) is 23.5 Å². The molecule has 6 heteroatoms. The number of fused-ring (bicyclic) bond motifs is 2. The van der Waals surface area contributed by atoms with E-state index in [0.29, 0.717) is 5.69 Å². The van der Waals surface area contributed by atoms with Crippen molar-refractivity contribution in [2.24, 2.45) is 24.8 Å². The van der Waals surface area contributed by atoms with E-state index in [1.54, 1.807) is 10.9 Å². The Morgan fingerprint density at radius 1 is 1.43 bits per heavy atom. The Labute approximate surface area is 140 Å². The molecule has 0 spiro atoms. The molecule has 2 saturated carbocycles. The number of carbonyl (C=O) groups is 1. The van der Waals surface area contributed by atoms with Gasteiger partial charge in [-0.15, -0.1) is 11.3 Å². The number of aromatic nitrogens is 3. The number of nitrogens with one attached hydrogen (secondary N) is 1. The lowest BCUT2D eigenvalue weighted by atomic mass is 9.86. The number of carbonyl (C=O) groups excluding carboxylic acids is 1. The molecule has 2 aliphatic carbocycles. The molecule has 4 rings (SSSR count). The van der Waals surface area contributed by atoms with Gasteiger partial charge < -0.3 is 5.32 Å². The summed E-state index contributed by atoms with van der Waals surface area (Å²) in [6.45, 7) is 0.770. The second kappa shape index (κ2) is 6.07. The highest BCUT2D eigenvalue weighted by molar-refractivity contribution is 7.13. The van der Waals surface area contributed by atoms with Gasteiger partial charge in [0, 0.05) is 30.7 Å². The number of hydrogen-bond acceptors (Lipinski definition) is 4. The molecule has 2 heterocycles. The maximum Gasteiger partial charge on any atom is 0.270 e. The second-order valence-corrected chi connectivity index (χ2v) is 7.78. The van der Waals surface area contributed by atoms with Gasteiger partial charge in [-0.05, 0) is 43.4 Å². The molecule has 122 valence electrons. The van der Waals surface area contributed by atoms with Crippen molar-refractivity contribution in [3.63, 3.8) is 0 Å². The summed E-state index contributed by atoms with van der Waals surface area (Å²) in [5.41, 5.74) is 1.47. The first-order chi connectivity index (χ1) is 11.2. The third-order valence-corrected chi connectivity index (χ3v) is 6.27. The SMILES string of the molecule is Cn1cc(-c2nc(C(=O)NCCC3CC4CCC3C4)cs2)cn1. The van der Waals surface area contributed by atoms with Crippen LogP contribution in [0.2, 0.25) is 0 Å². The molecule has 0 aliphatic heterocycles. The number of hydrogen-bond donors (Lipinski definition) is 1. The highest BCUT2D eigenvalue weighted by Crippen LogP contribution is 2.49. The number of aryl methyl sites for hydroxylation is 1. The van der Waals surface area contributed by atoms with Crippen molar-refractivity contribution in [2.45, 2.75) is 32.1 Å². The third-order valence-electron chi connectivity index (χ3n) is 5.37. The van der Waals surface area contributed by atoms with Crippen LogP contribution in [-0.4, -0.2) is 27.2 Å². The fraction of sp³-hybridized carbons (Fsp3) is 0.588. The molecule has 2 aliphatic rings.